The molecular weight excluding hydrogens is 100 g/mol. The van der Waals surface area contributed by atoms with Gasteiger partial charge in [0, 0.05) is 6.42 Å². The van der Waals surface area contributed by atoms with Crippen molar-refractivity contribution in [1.29, 1.82) is 0 Å². The minimum atomic E-state index is 0.262. The predicted molar refractivity (Wildman–Crippen MR) is 32.5 cm³/mol. The number of Topliss-reactive ketones (excluding diaryl/α,β-unsaturated/α-hetero) is 1. The maximum absolute atomic E-state index is 10.7. The van der Waals surface area contributed by atoms with Crippen LogP contribution in [-0.4, -0.2) is 5.78 Å². The Kier molecular flexibility index (Phi) is 1.20. The molecule has 0 aliphatic heterocycles. The van der Waals surface area contributed by atoms with Gasteiger partial charge in [-0.15, -0.1) is 0 Å². The van der Waals surface area contributed by atoms with Gasteiger partial charge in [-0.3, -0.25) is 4.79 Å². The van der Waals surface area contributed by atoms with Crippen molar-refractivity contribution in [1.82, 2.24) is 0 Å². The second kappa shape index (κ2) is 1.73. The summed E-state index contributed by atoms with van der Waals surface area (Å²) in [6.45, 7) is 5.72. The van der Waals surface area contributed by atoms with Gasteiger partial charge < -0.3 is 0 Å². The molecule has 44 valence electrons. The first-order valence-corrected chi connectivity index (χ1v) is 2.94. The van der Waals surface area contributed by atoms with E-state index in [4.69, 9.17) is 0 Å². The molecule has 0 radical (unpaired) electrons. The van der Waals surface area contributed by atoms with Gasteiger partial charge in [-0.1, -0.05) is 13.5 Å². The Bertz CT molecular complexity index is 135. The highest BCUT2D eigenvalue weighted by Crippen LogP contribution is 2.25. The van der Waals surface area contributed by atoms with E-state index < -0.39 is 0 Å². The summed E-state index contributed by atoms with van der Waals surface area (Å²) in [4.78, 5) is 10.7. The number of ketones is 1. The molecule has 0 unspecified atom stereocenters. The molecule has 1 rings (SSSR count). The number of carbonyl (C=O) groups excluding carboxylic acids is 1. The SMILES string of the molecule is C=C1C(=O)CC[C@@H]1C. The van der Waals surface area contributed by atoms with Crippen LogP contribution in [0.4, 0.5) is 0 Å². The van der Waals surface area contributed by atoms with Crippen molar-refractivity contribution in [3.8, 4) is 0 Å². The topological polar surface area (TPSA) is 17.1 Å². The van der Waals surface area contributed by atoms with Crippen LogP contribution in [0, 0.1) is 5.92 Å². The second-order valence-electron chi connectivity index (χ2n) is 2.39. The maximum Gasteiger partial charge on any atom is 0.158 e. The summed E-state index contributed by atoms with van der Waals surface area (Å²) in [5.74, 6) is 0.708. The first kappa shape index (κ1) is 5.54. The monoisotopic (exact) mass is 110 g/mol. The van der Waals surface area contributed by atoms with E-state index in [0.717, 1.165) is 18.4 Å². The molecule has 0 amide bonds. The zero-order valence-electron chi connectivity index (χ0n) is 5.11. The van der Waals surface area contributed by atoms with Crippen LogP contribution in [0.5, 0.6) is 0 Å². The van der Waals surface area contributed by atoms with Gasteiger partial charge in [0.05, 0.1) is 0 Å². The first-order chi connectivity index (χ1) is 3.72. The van der Waals surface area contributed by atoms with E-state index in [2.05, 4.69) is 6.58 Å². The normalized spacial score (nSPS) is 29.4. The van der Waals surface area contributed by atoms with E-state index in [9.17, 15) is 4.79 Å². The molecule has 0 saturated heterocycles. The minimum absolute atomic E-state index is 0.262. The lowest BCUT2D eigenvalue weighted by atomic mass is 10.1. The molecule has 0 aromatic carbocycles. The van der Waals surface area contributed by atoms with Crippen LogP contribution in [0.1, 0.15) is 19.8 Å². The molecule has 8 heavy (non-hydrogen) atoms. The summed E-state index contributed by atoms with van der Waals surface area (Å²) >= 11 is 0. The largest absolute Gasteiger partial charge is 0.295 e. The van der Waals surface area contributed by atoms with Gasteiger partial charge in [0.15, 0.2) is 5.78 Å². The smallest absolute Gasteiger partial charge is 0.158 e. The summed E-state index contributed by atoms with van der Waals surface area (Å²) in [5, 5.41) is 0. The van der Waals surface area contributed by atoms with Crippen molar-refractivity contribution in [2.75, 3.05) is 0 Å². The van der Waals surface area contributed by atoms with Crippen molar-refractivity contribution >= 4 is 5.78 Å². The Labute approximate surface area is 49.4 Å². The van der Waals surface area contributed by atoms with Gasteiger partial charge in [-0.25, -0.2) is 0 Å². The van der Waals surface area contributed by atoms with Crippen molar-refractivity contribution in [2.45, 2.75) is 19.8 Å². The molecule has 1 atom stereocenters. The Morgan fingerprint density at radius 2 is 2.38 bits per heavy atom. The number of allylic oxidation sites excluding steroid dienone is 1. The number of hydrogen-bond acceptors (Lipinski definition) is 1. The predicted octanol–water partition coefficient (Wildman–Crippen LogP) is 1.54. The highest BCUT2D eigenvalue weighted by atomic mass is 16.1. The number of hydrogen-bond donors (Lipinski definition) is 0. The molecular formula is C7H10O. The standard InChI is InChI=1S/C7H10O/c1-5-3-4-7(8)6(5)2/h5H,2-4H2,1H3/t5-/m0/s1. The third-order valence-corrected chi connectivity index (χ3v) is 1.76. The first-order valence-electron chi connectivity index (χ1n) is 2.94. The second-order valence-corrected chi connectivity index (χ2v) is 2.39. The molecule has 0 aromatic rings. The van der Waals surface area contributed by atoms with Crippen molar-refractivity contribution in [2.24, 2.45) is 5.92 Å². The van der Waals surface area contributed by atoms with Crippen LogP contribution in [0.2, 0.25) is 0 Å². The van der Waals surface area contributed by atoms with Gasteiger partial charge in [-0.05, 0) is 17.9 Å². The van der Waals surface area contributed by atoms with Crippen LogP contribution in [0.15, 0.2) is 12.2 Å². The zero-order valence-corrected chi connectivity index (χ0v) is 5.11. The Hall–Kier alpha value is -0.590. The molecule has 1 aliphatic carbocycles. The lowest BCUT2D eigenvalue weighted by Gasteiger charge is -1.95. The summed E-state index contributed by atoms with van der Waals surface area (Å²) in [7, 11) is 0. The molecule has 1 aliphatic rings. The molecule has 1 saturated carbocycles. The Morgan fingerprint density at radius 3 is 2.50 bits per heavy atom. The van der Waals surface area contributed by atoms with Crippen LogP contribution in [-0.2, 0) is 4.79 Å². The van der Waals surface area contributed by atoms with Gasteiger partial charge >= 0.3 is 0 Å². The maximum atomic E-state index is 10.7. The Balaban J connectivity index is 2.71. The zero-order chi connectivity index (χ0) is 6.15. The van der Waals surface area contributed by atoms with Crippen LogP contribution >= 0.6 is 0 Å². The van der Waals surface area contributed by atoms with E-state index in [-0.39, 0.29) is 5.78 Å². The van der Waals surface area contributed by atoms with Crippen molar-refractivity contribution in [3.63, 3.8) is 0 Å². The summed E-state index contributed by atoms with van der Waals surface area (Å²) in [6.07, 6.45) is 1.73. The van der Waals surface area contributed by atoms with Crippen LogP contribution < -0.4 is 0 Å². The lowest BCUT2D eigenvalue weighted by molar-refractivity contribution is -0.114. The van der Waals surface area contributed by atoms with E-state index in [1.165, 1.54) is 0 Å². The van der Waals surface area contributed by atoms with E-state index in [1.54, 1.807) is 0 Å². The van der Waals surface area contributed by atoms with Gasteiger partial charge in [0.25, 0.3) is 0 Å². The number of carbonyl (C=O) groups is 1. The molecule has 1 nitrogen and oxygen atoms in total. The van der Waals surface area contributed by atoms with Crippen molar-refractivity contribution in [3.05, 3.63) is 12.2 Å². The Morgan fingerprint density at radius 1 is 1.75 bits per heavy atom. The van der Waals surface area contributed by atoms with Gasteiger partial charge in [0.1, 0.15) is 0 Å². The van der Waals surface area contributed by atoms with E-state index in [1.807, 2.05) is 6.92 Å². The molecule has 0 bridgehead atoms. The van der Waals surface area contributed by atoms with Gasteiger partial charge in [0.2, 0.25) is 0 Å². The third kappa shape index (κ3) is 0.683. The molecule has 0 spiro atoms. The third-order valence-electron chi connectivity index (χ3n) is 1.76. The quantitative estimate of drug-likeness (QED) is 0.432. The van der Waals surface area contributed by atoms with E-state index >= 15 is 0 Å². The summed E-state index contributed by atoms with van der Waals surface area (Å²) in [5.41, 5.74) is 0.824. The fourth-order valence-corrected chi connectivity index (χ4v) is 0.957. The summed E-state index contributed by atoms with van der Waals surface area (Å²) in [6, 6.07) is 0. The molecule has 1 heteroatoms. The molecule has 0 N–H and O–H groups in total. The average molecular weight is 110 g/mol. The summed E-state index contributed by atoms with van der Waals surface area (Å²) < 4.78 is 0. The van der Waals surface area contributed by atoms with Crippen LogP contribution in [0.3, 0.4) is 0 Å². The van der Waals surface area contributed by atoms with E-state index in [0.29, 0.717) is 5.92 Å². The van der Waals surface area contributed by atoms with Crippen molar-refractivity contribution < 1.29 is 4.79 Å². The van der Waals surface area contributed by atoms with Crippen LogP contribution in [0.25, 0.3) is 0 Å². The lowest BCUT2D eigenvalue weighted by Crippen LogP contribution is -1.93. The van der Waals surface area contributed by atoms with Gasteiger partial charge in [-0.2, -0.15) is 0 Å². The fraction of sp³-hybridized carbons (Fsp3) is 0.571. The molecule has 1 fully saturated rings. The highest BCUT2D eigenvalue weighted by molar-refractivity contribution is 5.97. The number of rotatable bonds is 0. The average Bonchev–Trinajstić information content (AvgIpc) is 1.98. The highest BCUT2D eigenvalue weighted by Gasteiger charge is 2.21. The molecule has 0 heterocycles. The minimum Gasteiger partial charge on any atom is -0.295 e. The molecule has 0 aromatic heterocycles. The fourth-order valence-electron chi connectivity index (χ4n) is 0.957.